The van der Waals surface area contributed by atoms with E-state index in [1.165, 1.54) is 31.4 Å². The van der Waals surface area contributed by atoms with Crippen LogP contribution in [0.15, 0.2) is 86.0 Å². The zero-order valence-electron chi connectivity index (χ0n) is 26.8. The van der Waals surface area contributed by atoms with Gasteiger partial charge >= 0.3 is 0 Å². The minimum Gasteiger partial charge on any atom is -0.385 e. The van der Waals surface area contributed by atoms with Crippen LogP contribution in [0.25, 0.3) is 21.5 Å². The monoisotopic (exact) mass is 678 g/mol. The Bertz CT molecular complexity index is 1760. The molecule has 2 N–H and O–H groups in total. The van der Waals surface area contributed by atoms with Crippen LogP contribution < -0.4 is 10.6 Å². The van der Waals surface area contributed by atoms with Crippen molar-refractivity contribution in [2.45, 2.75) is 25.7 Å². The molecule has 0 spiro atoms. The summed E-state index contributed by atoms with van der Waals surface area (Å²) in [6, 6.07) is 18.6. The van der Waals surface area contributed by atoms with Gasteiger partial charge in [-0.05, 0) is 62.1 Å². The van der Waals surface area contributed by atoms with Crippen LogP contribution in [0.5, 0.6) is 0 Å². The number of amides is 4. The minimum atomic E-state index is -0.292. The van der Waals surface area contributed by atoms with Gasteiger partial charge in [0, 0.05) is 92.9 Å². The molecule has 0 radical (unpaired) electrons. The van der Waals surface area contributed by atoms with Crippen LogP contribution in [0.4, 0.5) is 11.4 Å². The van der Waals surface area contributed by atoms with Crippen molar-refractivity contribution < 1.29 is 19.2 Å². The summed E-state index contributed by atoms with van der Waals surface area (Å²) in [6.45, 7) is 9.59. The largest absolute Gasteiger partial charge is 0.385 e. The summed E-state index contributed by atoms with van der Waals surface area (Å²) in [5.74, 6) is -0.133. The lowest BCUT2D eigenvalue weighted by molar-refractivity contribution is 0.0605. The van der Waals surface area contributed by atoms with Gasteiger partial charge in [0.25, 0.3) is 23.6 Å². The van der Waals surface area contributed by atoms with E-state index in [1.54, 1.807) is 24.3 Å². The van der Waals surface area contributed by atoms with Gasteiger partial charge in [0.1, 0.15) is 0 Å². The molecule has 0 atom stereocenters. The predicted molar refractivity (Wildman–Crippen MR) is 199 cm³/mol. The van der Waals surface area contributed by atoms with Gasteiger partial charge in [-0.2, -0.15) is 0 Å². The zero-order valence-corrected chi connectivity index (χ0v) is 28.4. The van der Waals surface area contributed by atoms with Gasteiger partial charge in [0.2, 0.25) is 0 Å². The van der Waals surface area contributed by atoms with E-state index in [9.17, 15) is 19.2 Å². The van der Waals surface area contributed by atoms with Crippen molar-refractivity contribution in [2.75, 3.05) is 48.3 Å². The Morgan fingerprint density at radius 2 is 0.958 bits per heavy atom. The van der Waals surface area contributed by atoms with E-state index in [0.717, 1.165) is 60.9 Å². The normalized spacial score (nSPS) is 13.8. The summed E-state index contributed by atoms with van der Waals surface area (Å²) < 4.78 is 0. The number of nitrogens with zero attached hydrogens (tertiary/aromatic N) is 2. The number of hydrogen-bond acceptors (Lipinski definition) is 8. The molecular formula is C38H38N4O4S2. The Morgan fingerprint density at radius 1 is 0.562 bits per heavy atom. The average molecular weight is 679 g/mol. The summed E-state index contributed by atoms with van der Waals surface area (Å²) in [4.78, 5) is 56.5. The van der Waals surface area contributed by atoms with Crippen molar-refractivity contribution >= 4 is 78.1 Å². The number of rotatable bonds is 17. The van der Waals surface area contributed by atoms with Crippen LogP contribution in [-0.2, 0) is 0 Å². The fourth-order valence-electron chi connectivity index (χ4n) is 6.32. The molecule has 0 aromatic heterocycles. The molecule has 0 aliphatic carbocycles. The molecule has 0 bridgehead atoms. The smallest absolute Gasteiger partial charge is 0.261 e. The molecular weight excluding hydrogens is 641 g/mol. The van der Waals surface area contributed by atoms with E-state index in [1.807, 2.05) is 48.6 Å². The fourth-order valence-corrected chi connectivity index (χ4v) is 8.22. The molecule has 2 aliphatic rings. The first-order valence-corrected chi connectivity index (χ1v) is 18.7. The summed E-state index contributed by atoms with van der Waals surface area (Å²) in [5, 5.41) is 9.99. The third-order valence-corrected chi connectivity index (χ3v) is 11.0. The molecule has 2 aliphatic heterocycles. The number of imide groups is 2. The van der Waals surface area contributed by atoms with Crippen molar-refractivity contribution in [1.82, 2.24) is 9.80 Å². The second-order valence-corrected chi connectivity index (χ2v) is 14.4. The van der Waals surface area contributed by atoms with Gasteiger partial charge in [-0.25, -0.2) is 0 Å². The topological polar surface area (TPSA) is 98.8 Å². The number of benzene rings is 4. The maximum Gasteiger partial charge on any atom is 0.261 e. The lowest BCUT2D eigenvalue weighted by Crippen LogP contribution is -2.42. The van der Waals surface area contributed by atoms with Crippen LogP contribution in [0.1, 0.15) is 67.1 Å². The van der Waals surface area contributed by atoms with Gasteiger partial charge in [-0.3, -0.25) is 29.0 Å². The maximum absolute atomic E-state index is 13.5. The zero-order chi connectivity index (χ0) is 33.6. The average Bonchev–Trinajstić information content (AvgIpc) is 3.10. The summed E-state index contributed by atoms with van der Waals surface area (Å²) in [6.07, 6.45) is 7.48. The number of carbonyl (C=O) groups excluding carboxylic acids is 4. The Kier molecular flexibility index (Phi) is 10.5. The third kappa shape index (κ3) is 6.47. The Labute approximate surface area is 288 Å². The first kappa shape index (κ1) is 33.4. The second kappa shape index (κ2) is 15.1. The van der Waals surface area contributed by atoms with Crippen LogP contribution >= 0.6 is 21.6 Å². The minimum absolute atomic E-state index is 0.258. The number of nitrogens with one attached hydrogen (secondary N) is 2. The van der Waals surface area contributed by atoms with E-state index in [-0.39, 0.29) is 36.7 Å². The Morgan fingerprint density at radius 3 is 1.35 bits per heavy atom. The van der Waals surface area contributed by atoms with Crippen molar-refractivity contribution in [3.8, 4) is 0 Å². The van der Waals surface area contributed by atoms with Crippen molar-refractivity contribution in [3.05, 3.63) is 108 Å². The van der Waals surface area contributed by atoms with E-state index < -0.39 is 0 Å². The predicted octanol–water partition coefficient (Wildman–Crippen LogP) is 8.02. The maximum atomic E-state index is 13.5. The molecule has 4 aromatic carbocycles. The van der Waals surface area contributed by atoms with E-state index in [4.69, 9.17) is 0 Å². The van der Waals surface area contributed by atoms with Crippen molar-refractivity contribution in [3.63, 3.8) is 0 Å². The molecule has 48 heavy (non-hydrogen) atoms. The third-order valence-electron chi connectivity index (χ3n) is 8.66. The van der Waals surface area contributed by atoms with Crippen LogP contribution in [0.2, 0.25) is 0 Å². The lowest BCUT2D eigenvalue weighted by atomic mass is 9.93. The molecule has 0 unspecified atom stereocenters. The van der Waals surface area contributed by atoms with Crippen LogP contribution in [0.3, 0.4) is 0 Å². The molecule has 4 aromatic rings. The standard InChI is InChI=1S/C38H38N4O4S2/c1-3-5-7-19-39-31-17-15-29-33-25(31)11-9-13-27(33)35(43)41(37(29)45)21-23-47-48-24-22-42-36(44)28-14-10-12-26-32(40-20-8-6-4-2)18-16-30(34(26)28)38(42)46/h3-4,9-18,39-40H,1-2,5-8,19-24H2. The summed E-state index contributed by atoms with van der Waals surface area (Å²) >= 11 is 0. The highest BCUT2D eigenvalue weighted by molar-refractivity contribution is 8.76. The number of unbranched alkanes of at least 4 members (excludes halogenated alkanes) is 2. The molecule has 0 saturated carbocycles. The summed E-state index contributed by atoms with van der Waals surface area (Å²) in [5.41, 5.74) is 3.93. The van der Waals surface area contributed by atoms with Gasteiger partial charge < -0.3 is 10.6 Å². The first-order valence-electron chi connectivity index (χ1n) is 16.2. The van der Waals surface area contributed by atoms with Crippen LogP contribution in [0, 0.1) is 0 Å². The highest BCUT2D eigenvalue weighted by atomic mass is 33.1. The molecule has 2 heterocycles. The number of carbonyl (C=O) groups is 4. The molecule has 246 valence electrons. The quantitative estimate of drug-likeness (QED) is 0.0502. The van der Waals surface area contributed by atoms with Crippen molar-refractivity contribution in [1.29, 1.82) is 0 Å². The number of hydrogen-bond donors (Lipinski definition) is 2. The fraction of sp³-hybridized carbons (Fsp3) is 0.263. The number of allylic oxidation sites excluding steroid dienone is 2. The second-order valence-electron chi connectivity index (χ2n) is 11.7. The SMILES string of the molecule is C=CCCCNc1ccc2c3c(cccc13)C(=O)N(CCSSCCN1C(=O)c3cccc4c(NCCCC=C)ccc(c34)C1=O)C2=O. The first-order chi connectivity index (χ1) is 23.5. The Balaban J connectivity index is 1.04. The van der Waals surface area contributed by atoms with E-state index in [2.05, 4.69) is 23.8 Å². The van der Waals surface area contributed by atoms with Gasteiger partial charge in [-0.15, -0.1) is 13.2 Å². The highest BCUT2D eigenvalue weighted by Gasteiger charge is 2.34. The molecule has 8 nitrogen and oxygen atoms in total. The van der Waals surface area contributed by atoms with Gasteiger partial charge in [0.05, 0.1) is 0 Å². The highest BCUT2D eigenvalue weighted by Crippen LogP contribution is 2.36. The molecule has 4 amide bonds. The lowest BCUT2D eigenvalue weighted by Gasteiger charge is -2.28. The van der Waals surface area contributed by atoms with Crippen LogP contribution in [-0.4, -0.2) is 71.1 Å². The van der Waals surface area contributed by atoms with Gasteiger partial charge in [-0.1, -0.05) is 58.0 Å². The van der Waals surface area contributed by atoms with E-state index >= 15 is 0 Å². The number of anilines is 2. The van der Waals surface area contributed by atoms with E-state index in [0.29, 0.717) is 44.5 Å². The van der Waals surface area contributed by atoms with Crippen molar-refractivity contribution in [2.24, 2.45) is 0 Å². The molecule has 6 rings (SSSR count). The molecule has 10 heteroatoms. The molecule has 0 fully saturated rings. The van der Waals surface area contributed by atoms with Gasteiger partial charge in [0.15, 0.2) is 0 Å². The summed E-state index contributed by atoms with van der Waals surface area (Å²) in [7, 11) is 3.03. The Hall–Kier alpha value is -4.54. The molecule has 0 saturated heterocycles.